The van der Waals surface area contributed by atoms with Crippen LogP contribution in [0, 0.1) is 0 Å². The van der Waals surface area contributed by atoms with E-state index in [1.54, 1.807) is 6.92 Å². The normalized spacial score (nSPS) is 12.3. The van der Waals surface area contributed by atoms with Crippen molar-refractivity contribution < 1.29 is 13.9 Å². The van der Waals surface area contributed by atoms with Gasteiger partial charge < -0.3 is 4.74 Å². The van der Waals surface area contributed by atoms with Crippen LogP contribution in [0.1, 0.15) is 12.5 Å². The van der Waals surface area contributed by atoms with E-state index in [-0.39, 0.29) is 13.0 Å². The molecule has 2 aromatic carbocycles. The highest BCUT2D eigenvalue weighted by Crippen LogP contribution is 2.17. The molecule has 94 valence electrons. The Morgan fingerprint density at radius 1 is 1.22 bits per heavy atom. The number of carbonyl (C=O) groups is 1. The molecule has 0 amide bonds. The van der Waals surface area contributed by atoms with Crippen LogP contribution >= 0.6 is 0 Å². The molecule has 1 unspecified atom stereocenters. The molecule has 0 bridgehead atoms. The van der Waals surface area contributed by atoms with E-state index in [0.717, 1.165) is 16.3 Å². The number of carbonyl (C=O) groups excluding carboxylic acids is 1. The van der Waals surface area contributed by atoms with Gasteiger partial charge in [0.25, 0.3) is 0 Å². The lowest BCUT2D eigenvalue weighted by molar-refractivity contribution is -0.149. The quantitative estimate of drug-likeness (QED) is 0.774. The molecule has 0 saturated heterocycles. The summed E-state index contributed by atoms with van der Waals surface area (Å²) in [5.74, 6) is -0.786. The van der Waals surface area contributed by atoms with Gasteiger partial charge in [0, 0.05) is 6.42 Å². The lowest BCUT2D eigenvalue weighted by Crippen LogP contribution is -2.21. The summed E-state index contributed by atoms with van der Waals surface area (Å²) in [6.07, 6.45) is -1.53. The van der Waals surface area contributed by atoms with Crippen molar-refractivity contribution in [3.63, 3.8) is 0 Å². The molecule has 2 rings (SSSR count). The summed E-state index contributed by atoms with van der Waals surface area (Å²) in [5.41, 5.74) is 0.800. The molecule has 0 aromatic heterocycles. The number of rotatable bonds is 4. The maximum atomic E-state index is 13.6. The molecule has 0 radical (unpaired) electrons. The van der Waals surface area contributed by atoms with E-state index in [4.69, 9.17) is 0 Å². The second-order valence-corrected chi connectivity index (χ2v) is 4.11. The standard InChI is InChI=1S/C15H15FO2/c1-2-18-15(17)14(16)10-11-7-8-12-5-3-4-6-13(12)9-11/h3-9,14H,2,10H2,1H3. The highest BCUT2D eigenvalue weighted by atomic mass is 19.1. The molecule has 2 aromatic rings. The fraction of sp³-hybridized carbons (Fsp3) is 0.267. The van der Waals surface area contributed by atoms with Crippen LogP contribution in [-0.2, 0) is 16.0 Å². The summed E-state index contributed by atoms with van der Waals surface area (Å²) in [5, 5.41) is 2.15. The van der Waals surface area contributed by atoms with Crippen molar-refractivity contribution in [2.75, 3.05) is 6.61 Å². The predicted molar refractivity (Wildman–Crippen MR) is 69.2 cm³/mol. The third kappa shape index (κ3) is 2.86. The van der Waals surface area contributed by atoms with Crippen molar-refractivity contribution in [2.45, 2.75) is 19.5 Å². The zero-order valence-corrected chi connectivity index (χ0v) is 10.2. The Kier molecular flexibility index (Phi) is 3.92. The van der Waals surface area contributed by atoms with Gasteiger partial charge in [-0.15, -0.1) is 0 Å². The second kappa shape index (κ2) is 5.63. The summed E-state index contributed by atoms with van der Waals surface area (Å²) in [4.78, 5) is 11.2. The van der Waals surface area contributed by atoms with Crippen LogP contribution in [0.2, 0.25) is 0 Å². The van der Waals surface area contributed by atoms with Crippen molar-refractivity contribution in [2.24, 2.45) is 0 Å². The zero-order valence-electron chi connectivity index (χ0n) is 10.2. The first kappa shape index (κ1) is 12.6. The fourth-order valence-corrected chi connectivity index (χ4v) is 1.89. The van der Waals surface area contributed by atoms with Crippen LogP contribution in [0.3, 0.4) is 0 Å². The summed E-state index contributed by atoms with van der Waals surface area (Å²) in [6.45, 7) is 1.87. The smallest absolute Gasteiger partial charge is 0.341 e. The molecule has 1 atom stereocenters. The molecular weight excluding hydrogens is 231 g/mol. The largest absolute Gasteiger partial charge is 0.464 e. The van der Waals surface area contributed by atoms with E-state index < -0.39 is 12.1 Å². The van der Waals surface area contributed by atoms with Crippen molar-refractivity contribution in [3.05, 3.63) is 48.0 Å². The van der Waals surface area contributed by atoms with E-state index in [2.05, 4.69) is 4.74 Å². The molecule has 0 fully saturated rings. The second-order valence-electron chi connectivity index (χ2n) is 4.11. The molecule has 0 spiro atoms. The van der Waals surface area contributed by atoms with Crippen molar-refractivity contribution in [1.82, 2.24) is 0 Å². The van der Waals surface area contributed by atoms with E-state index >= 15 is 0 Å². The molecule has 3 heteroatoms. The number of hydrogen-bond donors (Lipinski definition) is 0. The molecule has 2 nitrogen and oxygen atoms in total. The molecular formula is C15H15FO2. The molecule has 0 aliphatic carbocycles. The van der Waals surface area contributed by atoms with Gasteiger partial charge in [-0.2, -0.15) is 0 Å². The first-order valence-corrected chi connectivity index (χ1v) is 5.99. The maximum Gasteiger partial charge on any atom is 0.341 e. The molecule has 18 heavy (non-hydrogen) atoms. The van der Waals surface area contributed by atoms with E-state index in [9.17, 15) is 9.18 Å². The molecule has 0 aliphatic rings. The average molecular weight is 246 g/mol. The minimum atomic E-state index is -1.59. The van der Waals surface area contributed by atoms with Crippen LogP contribution < -0.4 is 0 Å². The molecule has 0 heterocycles. The van der Waals surface area contributed by atoms with Crippen LogP contribution in [0.4, 0.5) is 4.39 Å². The lowest BCUT2D eigenvalue weighted by atomic mass is 10.0. The Morgan fingerprint density at radius 3 is 2.67 bits per heavy atom. The average Bonchev–Trinajstić information content (AvgIpc) is 2.39. The number of alkyl halides is 1. The number of hydrogen-bond acceptors (Lipinski definition) is 2. The number of benzene rings is 2. The molecule has 0 aliphatic heterocycles. The summed E-state index contributed by atoms with van der Waals surface area (Å²) in [7, 11) is 0. The predicted octanol–water partition coefficient (Wildman–Crippen LogP) is 3.28. The van der Waals surface area contributed by atoms with Crippen molar-refractivity contribution in [3.8, 4) is 0 Å². The van der Waals surface area contributed by atoms with Gasteiger partial charge in [0.15, 0.2) is 0 Å². The zero-order chi connectivity index (χ0) is 13.0. The Hall–Kier alpha value is -1.90. The monoisotopic (exact) mass is 246 g/mol. The van der Waals surface area contributed by atoms with Crippen LogP contribution in [0.15, 0.2) is 42.5 Å². The van der Waals surface area contributed by atoms with Gasteiger partial charge in [0.05, 0.1) is 6.61 Å². The Morgan fingerprint density at radius 2 is 1.94 bits per heavy atom. The lowest BCUT2D eigenvalue weighted by Gasteiger charge is -2.08. The van der Waals surface area contributed by atoms with Gasteiger partial charge in [-0.25, -0.2) is 9.18 Å². The number of halogens is 1. The van der Waals surface area contributed by atoms with Crippen LogP contribution in [-0.4, -0.2) is 18.7 Å². The Labute approximate surface area is 105 Å². The topological polar surface area (TPSA) is 26.3 Å². The summed E-state index contributed by atoms with van der Waals surface area (Å²) in [6, 6.07) is 13.5. The first-order valence-electron chi connectivity index (χ1n) is 5.99. The summed E-state index contributed by atoms with van der Waals surface area (Å²) >= 11 is 0. The number of ether oxygens (including phenoxy) is 1. The van der Waals surface area contributed by atoms with Gasteiger partial charge in [-0.3, -0.25) is 0 Å². The van der Waals surface area contributed by atoms with Gasteiger partial charge >= 0.3 is 5.97 Å². The third-order valence-electron chi connectivity index (χ3n) is 2.77. The van der Waals surface area contributed by atoms with E-state index in [0.29, 0.717) is 0 Å². The first-order chi connectivity index (χ1) is 8.70. The van der Waals surface area contributed by atoms with Gasteiger partial charge in [0.1, 0.15) is 0 Å². The molecule has 0 N–H and O–H groups in total. The van der Waals surface area contributed by atoms with Crippen molar-refractivity contribution >= 4 is 16.7 Å². The van der Waals surface area contributed by atoms with Gasteiger partial charge in [0.2, 0.25) is 6.17 Å². The third-order valence-corrected chi connectivity index (χ3v) is 2.77. The van der Waals surface area contributed by atoms with Gasteiger partial charge in [-0.05, 0) is 23.3 Å². The molecule has 0 saturated carbocycles. The fourth-order valence-electron chi connectivity index (χ4n) is 1.89. The van der Waals surface area contributed by atoms with Crippen LogP contribution in [0.25, 0.3) is 10.8 Å². The minimum Gasteiger partial charge on any atom is -0.464 e. The number of fused-ring (bicyclic) bond motifs is 1. The highest BCUT2D eigenvalue weighted by Gasteiger charge is 2.18. The van der Waals surface area contributed by atoms with Crippen molar-refractivity contribution in [1.29, 1.82) is 0 Å². The number of esters is 1. The minimum absolute atomic E-state index is 0.0592. The summed E-state index contributed by atoms with van der Waals surface area (Å²) < 4.78 is 18.2. The van der Waals surface area contributed by atoms with E-state index in [1.807, 2.05) is 42.5 Å². The maximum absolute atomic E-state index is 13.6. The van der Waals surface area contributed by atoms with E-state index in [1.165, 1.54) is 0 Å². The van der Waals surface area contributed by atoms with Crippen LogP contribution in [0.5, 0.6) is 0 Å². The van der Waals surface area contributed by atoms with Gasteiger partial charge in [-0.1, -0.05) is 42.5 Å². The SMILES string of the molecule is CCOC(=O)C(F)Cc1ccc2ccccc2c1. The Balaban J connectivity index is 2.14. The highest BCUT2D eigenvalue weighted by molar-refractivity contribution is 5.83. The Bertz CT molecular complexity index is 551.